The number of hydrogen-bond donors (Lipinski definition) is 1. The van der Waals surface area contributed by atoms with Gasteiger partial charge in [-0.1, -0.05) is 33.6 Å². The highest BCUT2D eigenvalue weighted by Gasteiger charge is 2.33. The first-order valence-electron chi connectivity index (χ1n) is 8.13. The zero-order chi connectivity index (χ0) is 15.6. The van der Waals surface area contributed by atoms with Crippen LogP contribution in [0.3, 0.4) is 0 Å². The van der Waals surface area contributed by atoms with E-state index in [4.69, 9.17) is 5.26 Å². The summed E-state index contributed by atoms with van der Waals surface area (Å²) in [7, 11) is 1.97. The lowest BCUT2D eigenvalue weighted by Gasteiger charge is -2.41. The maximum atomic E-state index is 9.13. The van der Waals surface area contributed by atoms with Crippen molar-refractivity contribution < 1.29 is 0 Å². The van der Waals surface area contributed by atoms with Crippen LogP contribution in [-0.4, -0.2) is 10.6 Å². The minimum atomic E-state index is 0.363. The predicted molar refractivity (Wildman–Crippen MR) is 86.9 cm³/mol. The largest absolute Gasteiger partial charge is 0.340 e. The molecule has 21 heavy (non-hydrogen) atoms. The van der Waals surface area contributed by atoms with Gasteiger partial charge < -0.3 is 9.88 Å². The molecule has 0 amide bonds. The van der Waals surface area contributed by atoms with Crippen molar-refractivity contribution in [3.63, 3.8) is 0 Å². The molecule has 0 aromatic carbocycles. The number of aromatic nitrogens is 1. The lowest BCUT2D eigenvalue weighted by Crippen LogP contribution is -2.43. The third-order valence-corrected chi connectivity index (χ3v) is 5.19. The molecule has 1 N–H and O–H groups in total. The van der Waals surface area contributed by atoms with Gasteiger partial charge in [-0.15, -0.1) is 0 Å². The van der Waals surface area contributed by atoms with Crippen LogP contribution >= 0.6 is 0 Å². The standard InChI is InChI=1S/C18H29N3/c1-13-14(10-15(11-19)21(13)5)12-20-17-9-7-6-8-16(17)18(2,3)4/h10,16-17,20H,6-9,12H2,1-5H3. The minimum absolute atomic E-state index is 0.363. The second-order valence-corrected chi connectivity index (χ2v) is 7.56. The molecule has 1 saturated carbocycles. The van der Waals surface area contributed by atoms with Gasteiger partial charge in [0.2, 0.25) is 0 Å². The monoisotopic (exact) mass is 287 g/mol. The molecule has 116 valence electrons. The summed E-state index contributed by atoms with van der Waals surface area (Å²) in [5, 5.41) is 12.9. The number of nitriles is 1. The van der Waals surface area contributed by atoms with Crippen molar-refractivity contribution in [2.24, 2.45) is 18.4 Å². The lowest BCUT2D eigenvalue weighted by molar-refractivity contribution is 0.130. The molecule has 2 atom stereocenters. The topological polar surface area (TPSA) is 40.8 Å². The molecule has 1 aliphatic carbocycles. The van der Waals surface area contributed by atoms with Gasteiger partial charge >= 0.3 is 0 Å². The van der Waals surface area contributed by atoms with Gasteiger partial charge in [0.15, 0.2) is 0 Å². The zero-order valence-corrected chi connectivity index (χ0v) is 14.2. The van der Waals surface area contributed by atoms with Crippen LogP contribution in [-0.2, 0) is 13.6 Å². The molecule has 0 radical (unpaired) electrons. The van der Waals surface area contributed by atoms with E-state index in [-0.39, 0.29) is 0 Å². The van der Waals surface area contributed by atoms with E-state index >= 15 is 0 Å². The van der Waals surface area contributed by atoms with Gasteiger partial charge in [-0.3, -0.25) is 0 Å². The lowest BCUT2D eigenvalue weighted by atomic mass is 9.69. The quantitative estimate of drug-likeness (QED) is 0.916. The molecule has 0 saturated heterocycles. The van der Waals surface area contributed by atoms with E-state index in [0.717, 1.165) is 18.2 Å². The fraction of sp³-hybridized carbons (Fsp3) is 0.722. The van der Waals surface area contributed by atoms with Crippen LogP contribution in [0.1, 0.15) is 63.4 Å². The van der Waals surface area contributed by atoms with E-state index in [1.54, 1.807) is 0 Å². The van der Waals surface area contributed by atoms with Gasteiger partial charge in [-0.05, 0) is 42.7 Å². The summed E-state index contributed by atoms with van der Waals surface area (Å²) in [4.78, 5) is 0. The minimum Gasteiger partial charge on any atom is -0.340 e. The third kappa shape index (κ3) is 3.49. The van der Waals surface area contributed by atoms with Gasteiger partial charge in [0.05, 0.1) is 0 Å². The molecule has 1 aliphatic rings. The average Bonchev–Trinajstić information content (AvgIpc) is 2.72. The number of rotatable bonds is 3. The molecule has 0 bridgehead atoms. The summed E-state index contributed by atoms with van der Waals surface area (Å²) >= 11 is 0. The molecule has 1 fully saturated rings. The Labute approximate surface area is 129 Å². The molecule has 1 heterocycles. The van der Waals surface area contributed by atoms with E-state index in [9.17, 15) is 0 Å². The van der Waals surface area contributed by atoms with Crippen molar-refractivity contribution in [2.75, 3.05) is 0 Å². The molecule has 1 aromatic rings. The summed E-state index contributed by atoms with van der Waals surface area (Å²) in [5.74, 6) is 0.741. The Kier molecular flexibility index (Phi) is 4.78. The Morgan fingerprint density at radius 2 is 2.00 bits per heavy atom. The third-order valence-electron chi connectivity index (χ3n) is 5.19. The summed E-state index contributed by atoms with van der Waals surface area (Å²) in [5.41, 5.74) is 3.57. The summed E-state index contributed by atoms with van der Waals surface area (Å²) in [6, 6.07) is 4.89. The van der Waals surface area contributed by atoms with Gasteiger partial charge in [0.25, 0.3) is 0 Å². The first kappa shape index (κ1) is 16.1. The average molecular weight is 287 g/mol. The molecular formula is C18H29N3. The maximum absolute atomic E-state index is 9.13. The molecule has 0 spiro atoms. The molecule has 3 nitrogen and oxygen atoms in total. The van der Waals surface area contributed by atoms with Crippen LogP contribution in [0.4, 0.5) is 0 Å². The Balaban J connectivity index is 2.06. The Bertz CT molecular complexity index is 528. The highest BCUT2D eigenvalue weighted by Crippen LogP contribution is 2.38. The van der Waals surface area contributed by atoms with Crippen molar-refractivity contribution in [1.29, 1.82) is 5.26 Å². The number of nitrogens with zero attached hydrogens (tertiary/aromatic N) is 2. The van der Waals surface area contributed by atoms with Crippen molar-refractivity contribution in [1.82, 2.24) is 9.88 Å². The van der Waals surface area contributed by atoms with E-state index in [2.05, 4.69) is 39.1 Å². The number of nitrogens with one attached hydrogen (secondary N) is 1. The second kappa shape index (κ2) is 6.23. The van der Waals surface area contributed by atoms with Crippen LogP contribution in [0.15, 0.2) is 6.07 Å². The van der Waals surface area contributed by atoms with Crippen molar-refractivity contribution >= 4 is 0 Å². The van der Waals surface area contributed by atoms with E-state index in [0.29, 0.717) is 11.5 Å². The summed E-state index contributed by atoms with van der Waals surface area (Å²) in [6.45, 7) is 10.1. The predicted octanol–water partition coefficient (Wildman–Crippen LogP) is 3.90. The van der Waals surface area contributed by atoms with Crippen molar-refractivity contribution in [3.05, 3.63) is 23.0 Å². The molecule has 2 rings (SSSR count). The fourth-order valence-electron chi connectivity index (χ4n) is 3.70. The van der Waals surface area contributed by atoms with Crippen molar-refractivity contribution in [3.8, 4) is 6.07 Å². The van der Waals surface area contributed by atoms with E-state index in [1.807, 2.05) is 17.7 Å². The first-order valence-corrected chi connectivity index (χ1v) is 8.13. The highest BCUT2D eigenvalue weighted by atomic mass is 15.0. The Morgan fingerprint density at radius 1 is 1.33 bits per heavy atom. The molecular weight excluding hydrogens is 258 g/mol. The first-order chi connectivity index (χ1) is 9.84. The van der Waals surface area contributed by atoms with E-state index < -0.39 is 0 Å². The van der Waals surface area contributed by atoms with Crippen LogP contribution < -0.4 is 5.32 Å². The SMILES string of the molecule is Cc1c(CNC2CCCCC2C(C)(C)C)cc(C#N)n1C. The highest BCUT2D eigenvalue weighted by molar-refractivity contribution is 5.34. The molecule has 1 aromatic heterocycles. The molecule has 0 aliphatic heterocycles. The number of hydrogen-bond acceptors (Lipinski definition) is 2. The smallest absolute Gasteiger partial charge is 0.120 e. The van der Waals surface area contributed by atoms with Gasteiger partial charge in [-0.25, -0.2) is 0 Å². The molecule has 2 unspecified atom stereocenters. The normalized spacial score (nSPS) is 23.0. The summed E-state index contributed by atoms with van der Waals surface area (Å²) < 4.78 is 1.99. The van der Waals surface area contributed by atoms with Crippen LogP contribution in [0.5, 0.6) is 0 Å². The van der Waals surface area contributed by atoms with Gasteiger partial charge in [0, 0.05) is 25.3 Å². The van der Waals surface area contributed by atoms with Crippen LogP contribution in [0.25, 0.3) is 0 Å². The van der Waals surface area contributed by atoms with Crippen LogP contribution in [0, 0.1) is 29.6 Å². The van der Waals surface area contributed by atoms with Crippen LogP contribution in [0.2, 0.25) is 0 Å². The maximum Gasteiger partial charge on any atom is 0.120 e. The van der Waals surface area contributed by atoms with Gasteiger partial charge in [-0.2, -0.15) is 5.26 Å². The van der Waals surface area contributed by atoms with E-state index in [1.165, 1.54) is 36.9 Å². The Hall–Kier alpha value is -1.27. The zero-order valence-electron chi connectivity index (χ0n) is 14.2. The fourth-order valence-corrected chi connectivity index (χ4v) is 3.70. The second-order valence-electron chi connectivity index (χ2n) is 7.56. The Morgan fingerprint density at radius 3 is 2.57 bits per heavy atom. The summed E-state index contributed by atoms with van der Waals surface area (Å²) in [6.07, 6.45) is 5.31. The van der Waals surface area contributed by atoms with Gasteiger partial charge in [0.1, 0.15) is 11.8 Å². The van der Waals surface area contributed by atoms with Crippen molar-refractivity contribution in [2.45, 2.75) is 66.0 Å². The molecule has 3 heteroatoms.